The van der Waals surface area contributed by atoms with Crippen LogP contribution in [0.1, 0.15) is 29.7 Å². The van der Waals surface area contributed by atoms with Gasteiger partial charge in [-0.3, -0.25) is 4.98 Å². The Bertz CT molecular complexity index is 649. The molecule has 2 aromatic rings. The van der Waals surface area contributed by atoms with Gasteiger partial charge in [0.2, 0.25) is 0 Å². The average Bonchev–Trinajstić information content (AvgIpc) is 2.62. The number of hydrogen-bond acceptors (Lipinski definition) is 3. The Hall–Kier alpha value is -1.67. The van der Waals surface area contributed by atoms with Gasteiger partial charge in [-0.25, -0.2) is 4.99 Å². The summed E-state index contributed by atoms with van der Waals surface area (Å²) in [5.41, 5.74) is 3.22. The van der Waals surface area contributed by atoms with Crippen molar-refractivity contribution in [2.75, 3.05) is 19.7 Å². The van der Waals surface area contributed by atoms with E-state index in [0.717, 1.165) is 29.3 Å². The van der Waals surface area contributed by atoms with E-state index < -0.39 is 0 Å². The molecule has 0 aliphatic carbocycles. The van der Waals surface area contributed by atoms with Crippen LogP contribution in [0.5, 0.6) is 0 Å². The summed E-state index contributed by atoms with van der Waals surface area (Å²) in [7, 11) is 0. The Morgan fingerprint density at radius 2 is 1.92 bits per heavy atom. The van der Waals surface area contributed by atoms with Crippen molar-refractivity contribution in [2.45, 2.75) is 26.3 Å². The monoisotopic (exact) mass is 454 g/mol. The Balaban J connectivity index is 0.00000312. The molecule has 3 N–H and O–H groups in total. The number of aliphatic hydroxyl groups is 1. The number of aliphatic imine (C=N–C) groups is 1. The van der Waals surface area contributed by atoms with E-state index in [4.69, 9.17) is 0 Å². The molecule has 0 fully saturated rings. The molecule has 0 saturated carbocycles. The van der Waals surface area contributed by atoms with Crippen molar-refractivity contribution in [3.63, 3.8) is 0 Å². The van der Waals surface area contributed by atoms with E-state index >= 15 is 0 Å². The molecule has 1 heterocycles. The summed E-state index contributed by atoms with van der Waals surface area (Å²) >= 11 is 0. The molecule has 6 heteroatoms. The topological polar surface area (TPSA) is 69.5 Å². The lowest BCUT2D eigenvalue weighted by Gasteiger charge is -2.18. The Labute approximate surface area is 167 Å². The number of guanidine groups is 1. The first-order chi connectivity index (χ1) is 11.7. The summed E-state index contributed by atoms with van der Waals surface area (Å²) in [4.78, 5) is 8.96. The fourth-order valence-corrected chi connectivity index (χ4v) is 2.41. The second-order valence-electron chi connectivity index (χ2n) is 5.63. The van der Waals surface area contributed by atoms with Crippen molar-refractivity contribution < 1.29 is 5.11 Å². The SMILES string of the molecule is CCNC(=NCc1ncccc1C)NCC(CO)c1ccccc1.I. The Morgan fingerprint density at radius 1 is 1.16 bits per heavy atom. The molecule has 5 nitrogen and oxygen atoms in total. The maximum atomic E-state index is 9.66. The Morgan fingerprint density at radius 3 is 2.56 bits per heavy atom. The van der Waals surface area contributed by atoms with E-state index in [9.17, 15) is 5.11 Å². The van der Waals surface area contributed by atoms with E-state index in [1.54, 1.807) is 6.20 Å². The zero-order valence-electron chi connectivity index (χ0n) is 14.8. The van der Waals surface area contributed by atoms with Crippen molar-refractivity contribution in [1.29, 1.82) is 0 Å². The van der Waals surface area contributed by atoms with E-state index in [-0.39, 0.29) is 36.5 Å². The first-order valence-electron chi connectivity index (χ1n) is 8.33. The summed E-state index contributed by atoms with van der Waals surface area (Å²) in [6, 6.07) is 14.0. The van der Waals surface area contributed by atoms with Crippen LogP contribution in [0.4, 0.5) is 0 Å². The molecule has 1 aromatic heterocycles. The van der Waals surface area contributed by atoms with Gasteiger partial charge in [-0.2, -0.15) is 0 Å². The lowest BCUT2D eigenvalue weighted by molar-refractivity contribution is 0.265. The summed E-state index contributed by atoms with van der Waals surface area (Å²) in [5.74, 6) is 0.767. The molecule has 0 saturated heterocycles. The van der Waals surface area contributed by atoms with Gasteiger partial charge >= 0.3 is 0 Å². The third-order valence-corrected chi connectivity index (χ3v) is 3.86. The van der Waals surface area contributed by atoms with Crippen molar-refractivity contribution in [3.05, 3.63) is 65.5 Å². The minimum Gasteiger partial charge on any atom is -0.396 e. The highest BCUT2D eigenvalue weighted by Crippen LogP contribution is 2.13. The van der Waals surface area contributed by atoms with Crippen LogP contribution in [0, 0.1) is 6.92 Å². The molecule has 0 aliphatic heterocycles. The average molecular weight is 454 g/mol. The zero-order chi connectivity index (χ0) is 17.2. The highest BCUT2D eigenvalue weighted by Gasteiger charge is 2.10. The molecule has 0 spiro atoms. The van der Waals surface area contributed by atoms with E-state index in [1.165, 1.54) is 0 Å². The molecule has 1 atom stereocenters. The number of aryl methyl sites for hydroxylation is 1. The van der Waals surface area contributed by atoms with Crippen LogP contribution in [-0.4, -0.2) is 35.7 Å². The van der Waals surface area contributed by atoms with Gasteiger partial charge < -0.3 is 15.7 Å². The van der Waals surface area contributed by atoms with Gasteiger partial charge in [-0.15, -0.1) is 24.0 Å². The molecule has 0 amide bonds. The normalized spacial score (nSPS) is 12.2. The molecule has 0 radical (unpaired) electrons. The number of hydrogen-bond donors (Lipinski definition) is 3. The van der Waals surface area contributed by atoms with Crippen LogP contribution in [0.25, 0.3) is 0 Å². The number of pyridine rings is 1. The Kier molecular flexibility index (Phi) is 10.1. The van der Waals surface area contributed by atoms with Crippen molar-refractivity contribution >= 4 is 29.9 Å². The second kappa shape index (κ2) is 11.8. The van der Waals surface area contributed by atoms with E-state index in [1.807, 2.05) is 56.3 Å². The minimum absolute atomic E-state index is 0. The van der Waals surface area contributed by atoms with Gasteiger partial charge in [0.25, 0.3) is 0 Å². The molecule has 1 aromatic carbocycles. The number of aromatic nitrogens is 1. The number of nitrogens with one attached hydrogen (secondary N) is 2. The quantitative estimate of drug-likeness (QED) is 0.342. The molecular formula is C19H27IN4O. The van der Waals surface area contributed by atoms with Crippen molar-refractivity contribution in [2.24, 2.45) is 4.99 Å². The molecule has 136 valence electrons. The first-order valence-corrected chi connectivity index (χ1v) is 8.33. The van der Waals surface area contributed by atoms with Gasteiger partial charge in [0.15, 0.2) is 5.96 Å². The highest BCUT2D eigenvalue weighted by molar-refractivity contribution is 14.0. The lowest BCUT2D eigenvalue weighted by atomic mass is 10.0. The molecule has 2 rings (SSSR count). The maximum absolute atomic E-state index is 9.66. The summed E-state index contributed by atoms with van der Waals surface area (Å²) in [5, 5.41) is 16.2. The van der Waals surface area contributed by atoms with Crippen LogP contribution in [0.3, 0.4) is 0 Å². The largest absolute Gasteiger partial charge is 0.396 e. The van der Waals surface area contributed by atoms with Crippen LogP contribution >= 0.6 is 24.0 Å². The fourth-order valence-electron chi connectivity index (χ4n) is 2.41. The van der Waals surface area contributed by atoms with Crippen molar-refractivity contribution in [1.82, 2.24) is 15.6 Å². The molecular weight excluding hydrogens is 427 g/mol. The van der Waals surface area contributed by atoms with Gasteiger partial charge in [0.05, 0.1) is 18.8 Å². The van der Waals surface area contributed by atoms with Crippen LogP contribution in [-0.2, 0) is 6.54 Å². The third kappa shape index (κ3) is 6.99. The van der Waals surface area contributed by atoms with Gasteiger partial charge in [0.1, 0.15) is 0 Å². The summed E-state index contributed by atoms with van der Waals surface area (Å²) < 4.78 is 0. The van der Waals surface area contributed by atoms with Crippen LogP contribution < -0.4 is 10.6 Å². The number of aliphatic hydroxyl groups excluding tert-OH is 1. The predicted octanol–water partition coefficient (Wildman–Crippen LogP) is 2.84. The van der Waals surface area contributed by atoms with Crippen LogP contribution in [0.15, 0.2) is 53.7 Å². The second-order valence-corrected chi connectivity index (χ2v) is 5.63. The van der Waals surface area contributed by atoms with E-state index in [0.29, 0.717) is 13.1 Å². The highest BCUT2D eigenvalue weighted by atomic mass is 127. The number of benzene rings is 1. The number of halogens is 1. The van der Waals surface area contributed by atoms with Crippen molar-refractivity contribution in [3.8, 4) is 0 Å². The number of rotatable bonds is 7. The zero-order valence-corrected chi connectivity index (χ0v) is 17.1. The van der Waals surface area contributed by atoms with Gasteiger partial charge in [0, 0.05) is 25.2 Å². The van der Waals surface area contributed by atoms with Gasteiger partial charge in [-0.05, 0) is 31.0 Å². The molecule has 0 aliphatic rings. The standard InChI is InChI=1S/C19H26N4O.HI/c1-3-20-19(23-13-18-15(2)8-7-11-21-18)22-12-17(14-24)16-9-5-4-6-10-16;/h4-11,17,24H,3,12-14H2,1-2H3,(H2,20,22,23);1H. The molecule has 25 heavy (non-hydrogen) atoms. The summed E-state index contributed by atoms with van der Waals surface area (Å²) in [6.45, 7) is 6.09. The van der Waals surface area contributed by atoms with Gasteiger partial charge in [-0.1, -0.05) is 36.4 Å². The smallest absolute Gasteiger partial charge is 0.191 e. The molecule has 1 unspecified atom stereocenters. The van der Waals surface area contributed by atoms with E-state index in [2.05, 4.69) is 20.6 Å². The molecule has 0 bridgehead atoms. The summed E-state index contributed by atoms with van der Waals surface area (Å²) in [6.07, 6.45) is 1.79. The fraction of sp³-hybridized carbons (Fsp3) is 0.368. The number of nitrogens with zero attached hydrogens (tertiary/aromatic N) is 2. The lowest BCUT2D eigenvalue weighted by Crippen LogP contribution is -2.40. The predicted molar refractivity (Wildman–Crippen MR) is 113 cm³/mol. The third-order valence-electron chi connectivity index (χ3n) is 3.86. The first kappa shape index (κ1) is 21.4. The minimum atomic E-state index is 0. The maximum Gasteiger partial charge on any atom is 0.191 e. The van der Waals surface area contributed by atoms with Crippen LogP contribution in [0.2, 0.25) is 0 Å².